The molecular formula is C4H14N4. The minimum Gasteiger partial charge on any atom is -0.316 e. The van der Waals surface area contributed by atoms with Gasteiger partial charge in [-0.1, -0.05) is 0 Å². The predicted molar refractivity (Wildman–Crippen MR) is 33.6 cm³/mol. The molecule has 4 nitrogen and oxygen atoms in total. The van der Waals surface area contributed by atoms with E-state index in [2.05, 4.69) is 0 Å². The number of rotatable bonds is 2. The zero-order valence-corrected chi connectivity index (χ0v) is 5.09. The summed E-state index contributed by atoms with van der Waals surface area (Å²) in [6.07, 6.45) is 0.0301. The van der Waals surface area contributed by atoms with Crippen LogP contribution in [0.2, 0.25) is 0 Å². The highest BCUT2D eigenvalue weighted by molar-refractivity contribution is 4.73. The highest BCUT2D eigenvalue weighted by atomic mass is 15.0. The molecule has 0 radical (unpaired) electrons. The van der Waals surface area contributed by atoms with Gasteiger partial charge in [-0.15, -0.1) is 0 Å². The lowest BCUT2D eigenvalue weighted by molar-refractivity contribution is 0.407. The van der Waals surface area contributed by atoms with E-state index in [9.17, 15) is 0 Å². The predicted octanol–water partition coefficient (Wildman–Crippen LogP) is -1.75. The van der Waals surface area contributed by atoms with Gasteiger partial charge in [0.05, 0.1) is 11.8 Å². The summed E-state index contributed by atoms with van der Waals surface area (Å²) in [5.74, 6) is 0. The highest BCUT2D eigenvalue weighted by Gasteiger charge is 2.12. The fraction of sp³-hybridized carbons (Fsp3) is 1.00. The van der Waals surface area contributed by atoms with Crippen LogP contribution in [0.3, 0.4) is 0 Å². The first kappa shape index (κ1) is 7.84. The van der Waals surface area contributed by atoms with E-state index in [1.54, 1.807) is 6.92 Å². The van der Waals surface area contributed by atoms with Gasteiger partial charge < -0.3 is 22.9 Å². The highest BCUT2D eigenvalue weighted by Crippen LogP contribution is 1.94. The van der Waals surface area contributed by atoms with Gasteiger partial charge in [0.25, 0.3) is 0 Å². The Morgan fingerprint density at radius 2 is 1.75 bits per heavy atom. The molecular weight excluding hydrogens is 104 g/mol. The molecule has 0 atom stereocenters. The second kappa shape index (κ2) is 2.41. The number of hydrogen-bond acceptors (Lipinski definition) is 4. The molecule has 0 aromatic carbocycles. The normalized spacial score (nSPS) is 12.8. The molecule has 50 valence electrons. The minimum absolute atomic E-state index is 0.407. The Labute approximate surface area is 49.2 Å². The van der Waals surface area contributed by atoms with Crippen molar-refractivity contribution in [1.82, 2.24) is 0 Å². The summed E-state index contributed by atoms with van der Waals surface area (Å²) in [6.45, 7) is 1.68. The van der Waals surface area contributed by atoms with Crippen LogP contribution in [-0.4, -0.2) is 11.8 Å². The van der Waals surface area contributed by atoms with Gasteiger partial charge in [-0.25, -0.2) is 0 Å². The van der Waals surface area contributed by atoms with Crippen LogP contribution in [0.5, 0.6) is 0 Å². The van der Waals surface area contributed by atoms with Gasteiger partial charge >= 0.3 is 0 Å². The van der Waals surface area contributed by atoms with Crippen molar-refractivity contribution in [3.63, 3.8) is 0 Å². The van der Waals surface area contributed by atoms with Crippen molar-refractivity contribution in [2.24, 2.45) is 22.9 Å². The lowest BCUT2D eigenvalue weighted by Crippen LogP contribution is -2.52. The lowest BCUT2D eigenvalue weighted by atomic mass is 10.1. The average molecular weight is 118 g/mol. The van der Waals surface area contributed by atoms with Crippen LogP contribution in [0.4, 0.5) is 0 Å². The van der Waals surface area contributed by atoms with Gasteiger partial charge in [0.15, 0.2) is 0 Å². The molecule has 0 aliphatic rings. The van der Waals surface area contributed by atoms with Crippen molar-refractivity contribution in [1.29, 1.82) is 0 Å². The van der Waals surface area contributed by atoms with Crippen LogP contribution in [0.1, 0.15) is 13.3 Å². The van der Waals surface area contributed by atoms with Crippen LogP contribution in [0.25, 0.3) is 0 Å². The van der Waals surface area contributed by atoms with Gasteiger partial charge in [-0.2, -0.15) is 0 Å². The minimum atomic E-state index is -0.728. The van der Waals surface area contributed by atoms with Gasteiger partial charge in [-0.3, -0.25) is 0 Å². The van der Waals surface area contributed by atoms with Crippen LogP contribution in [-0.2, 0) is 0 Å². The van der Waals surface area contributed by atoms with E-state index in [1.165, 1.54) is 0 Å². The SMILES string of the molecule is CC(N)(N)CC(N)N. The molecule has 0 aromatic rings. The molecule has 8 heavy (non-hydrogen) atoms. The molecule has 0 aromatic heterocycles. The Balaban J connectivity index is 3.39. The first-order valence-electron chi connectivity index (χ1n) is 2.51. The topological polar surface area (TPSA) is 104 Å². The summed E-state index contributed by atoms with van der Waals surface area (Å²) in [5.41, 5.74) is 20.4. The summed E-state index contributed by atoms with van der Waals surface area (Å²) < 4.78 is 0. The molecule has 0 aliphatic carbocycles. The van der Waals surface area contributed by atoms with E-state index in [0.29, 0.717) is 6.42 Å². The third-order valence-corrected chi connectivity index (χ3v) is 0.676. The van der Waals surface area contributed by atoms with E-state index >= 15 is 0 Å². The van der Waals surface area contributed by atoms with Gasteiger partial charge in [0.1, 0.15) is 0 Å². The molecule has 0 rings (SSSR count). The monoisotopic (exact) mass is 118 g/mol. The third-order valence-electron chi connectivity index (χ3n) is 0.676. The molecule has 0 bridgehead atoms. The average Bonchev–Trinajstić information content (AvgIpc) is 1.21. The molecule has 0 unspecified atom stereocenters. The fourth-order valence-corrected chi connectivity index (χ4v) is 0.508. The van der Waals surface area contributed by atoms with Gasteiger partial charge in [-0.05, 0) is 6.92 Å². The second-order valence-corrected chi connectivity index (χ2v) is 2.37. The largest absolute Gasteiger partial charge is 0.316 e. The first-order valence-corrected chi connectivity index (χ1v) is 2.51. The Hall–Kier alpha value is -0.160. The van der Waals surface area contributed by atoms with Crippen molar-refractivity contribution >= 4 is 0 Å². The van der Waals surface area contributed by atoms with E-state index in [0.717, 1.165) is 0 Å². The Bertz CT molecular complexity index is 62.9. The molecule has 0 amide bonds. The van der Waals surface area contributed by atoms with Crippen LogP contribution in [0.15, 0.2) is 0 Å². The van der Waals surface area contributed by atoms with Gasteiger partial charge in [0.2, 0.25) is 0 Å². The van der Waals surface area contributed by atoms with Crippen LogP contribution in [0, 0.1) is 0 Å². The second-order valence-electron chi connectivity index (χ2n) is 2.37. The van der Waals surface area contributed by atoms with Crippen LogP contribution < -0.4 is 22.9 Å². The maximum Gasteiger partial charge on any atom is 0.0635 e. The summed E-state index contributed by atoms with van der Waals surface area (Å²) in [4.78, 5) is 0. The zero-order valence-electron chi connectivity index (χ0n) is 5.09. The Kier molecular flexibility index (Phi) is 2.36. The smallest absolute Gasteiger partial charge is 0.0635 e. The first-order chi connectivity index (χ1) is 3.42. The van der Waals surface area contributed by atoms with Gasteiger partial charge in [0, 0.05) is 6.42 Å². The zero-order chi connectivity index (χ0) is 6.78. The lowest BCUT2D eigenvalue weighted by Gasteiger charge is -2.19. The standard InChI is InChI=1S/C4H14N4/c1-4(7,8)2-3(5)6/h3H,2,5-8H2,1H3. The molecule has 0 heterocycles. The molecule has 4 heteroatoms. The van der Waals surface area contributed by atoms with E-state index in [-0.39, 0.29) is 0 Å². The van der Waals surface area contributed by atoms with E-state index < -0.39 is 11.8 Å². The fourth-order valence-electron chi connectivity index (χ4n) is 0.508. The summed E-state index contributed by atoms with van der Waals surface area (Å²) in [6, 6.07) is 0. The van der Waals surface area contributed by atoms with Crippen molar-refractivity contribution in [3.8, 4) is 0 Å². The van der Waals surface area contributed by atoms with E-state index in [1.807, 2.05) is 0 Å². The van der Waals surface area contributed by atoms with Crippen molar-refractivity contribution < 1.29 is 0 Å². The summed E-state index contributed by atoms with van der Waals surface area (Å²) >= 11 is 0. The van der Waals surface area contributed by atoms with Crippen LogP contribution >= 0.6 is 0 Å². The molecule has 8 N–H and O–H groups in total. The third kappa shape index (κ3) is 5.84. The quantitative estimate of drug-likeness (QED) is 0.323. The summed E-state index contributed by atoms with van der Waals surface area (Å²) in [7, 11) is 0. The maximum atomic E-state index is 5.35. The van der Waals surface area contributed by atoms with Crippen molar-refractivity contribution in [2.45, 2.75) is 25.2 Å². The summed E-state index contributed by atoms with van der Waals surface area (Å²) in [5, 5.41) is 0. The number of hydrogen-bond donors (Lipinski definition) is 4. The van der Waals surface area contributed by atoms with Crippen molar-refractivity contribution in [3.05, 3.63) is 0 Å². The molecule has 0 aliphatic heterocycles. The number of nitrogens with two attached hydrogens (primary N) is 4. The Morgan fingerprint density at radius 3 is 1.75 bits per heavy atom. The maximum absolute atomic E-state index is 5.35. The Morgan fingerprint density at radius 1 is 1.38 bits per heavy atom. The molecule has 0 saturated heterocycles. The van der Waals surface area contributed by atoms with E-state index in [4.69, 9.17) is 22.9 Å². The van der Waals surface area contributed by atoms with Crippen molar-refractivity contribution in [2.75, 3.05) is 0 Å². The molecule has 0 saturated carbocycles. The molecule has 0 fully saturated rings. The molecule has 0 spiro atoms.